The minimum absolute atomic E-state index is 0.271. The molecule has 0 atom stereocenters. The highest BCUT2D eigenvalue weighted by Crippen LogP contribution is 2.24. The van der Waals surface area contributed by atoms with Crippen molar-refractivity contribution in [2.24, 2.45) is 0 Å². The Morgan fingerprint density at radius 3 is 2.39 bits per heavy atom. The zero-order valence-corrected chi connectivity index (χ0v) is 15.6. The van der Waals surface area contributed by atoms with Gasteiger partial charge in [-0.2, -0.15) is 0 Å². The maximum Gasteiger partial charge on any atom is 0.256 e. The van der Waals surface area contributed by atoms with E-state index in [0.29, 0.717) is 28.2 Å². The van der Waals surface area contributed by atoms with Crippen LogP contribution < -0.4 is 5.32 Å². The average Bonchev–Trinajstić information content (AvgIpc) is 3.20. The first kappa shape index (κ1) is 17.9. The number of carbonyl (C=O) groups is 1. The molecule has 0 aliphatic carbocycles. The summed E-state index contributed by atoms with van der Waals surface area (Å²) in [6.45, 7) is 2.00. The number of hydrogen-bond donors (Lipinski definition) is 1. The number of halogens is 1. The lowest BCUT2D eigenvalue weighted by Gasteiger charge is -2.04. The molecule has 2 heterocycles. The highest BCUT2D eigenvalue weighted by Gasteiger charge is 2.12. The summed E-state index contributed by atoms with van der Waals surface area (Å²) in [5, 5.41) is 11.4. The van der Waals surface area contributed by atoms with Crippen LogP contribution in [0.3, 0.4) is 0 Å². The standard InChI is InChI=1S/C21H15ClN4O2/c1-13-3-2-4-16(11-13)21-26-25-20(28-21)15-7-5-14(6-8-15)19(27)24-18-10-9-17(22)12-23-18/h2-12H,1H3,(H,23,24,27). The zero-order chi connectivity index (χ0) is 19.5. The summed E-state index contributed by atoms with van der Waals surface area (Å²) >= 11 is 5.79. The number of amides is 1. The Kier molecular flexibility index (Phi) is 4.87. The van der Waals surface area contributed by atoms with Crippen LogP contribution in [0.25, 0.3) is 22.9 Å². The van der Waals surface area contributed by atoms with Gasteiger partial charge < -0.3 is 9.73 Å². The summed E-state index contributed by atoms with van der Waals surface area (Å²) in [4.78, 5) is 16.4. The maximum absolute atomic E-state index is 12.3. The number of carbonyl (C=O) groups excluding carboxylic acids is 1. The van der Waals surface area contributed by atoms with Gasteiger partial charge in [-0.3, -0.25) is 4.79 Å². The largest absolute Gasteiger partial charge is 0.416 e. The summed E-state index contributed by atoms with van der Waals surface area (Å²) in [5.41, 5.74) is 3.19. The van der Waals surface area contributed by atoms with E-state index in [1.165, 1.54) is 6.20 Å². The van der Waals surface area contributed by atoms with Crippen molar-refractivity contribution in [2.45, 2.75) is 6.92 Å². The van der Waals surface area contributed by atoms with Crippen molar-refractivity contribution in [1.29, 1.82) is 0 Å². The van der Waals surface area contributed by atoms with Crippen molar-refractivity contribution in [1.82, 2.24) is 15.2 Å². The summed E-state index contributed by atoms with van der Waals surface area (Å²) in [7, 11) is 0. The van der Waals surface area contributed by atoms with Crippen LogP contribution in [0.15, 0.2) is 71.3 Å². The highest BCUT2D eigenvalue weighted by atomic mass is 35.5. The van der Waals surface area contributed by atoms with Gasteiger partial charge in [0.15, 0.2) is 0 Å². The van der Waals surface area contributed by atoms with Crippen molar-refractivity contribution < 1.29 is 9.21 Å². The number of pyridine rings is 1. The molecule has 0 saturated heterocycles. The van der Waals surface area contributed by atoms with Crippen LogP contribution in [0, 0.1) is 6.92 Å². The van der Waals surface area contributed by atoms with Gasteiger partial charge in [-0.25, -0.2) is 4.98 Å². The maximum atomic E-state index is 12.3. The fourth-order valence-corrected chi connectivity index (χ4v) is 2.75. The minimum Gasteiger partial charge on any atom is -0.416 e. The lowest BCUT2D eigenvalue weighted by molar-refractivity contribution is 0.102. The third-order valence-electron chi connectivity index (χ3n) is 4.05. The van der Waals surface area contributed by atoms with Crippen molar-refractivity contribution >= 4 is 23.3 Å². The van der Waals surface area contributed by atoms with Gasteiger partial charge in [0.25, 0.3) is 5.91 Å². The number of aromatic nitrogens is 3. The number of nitrogens with one attached hydrogen (secondary N) is 1. The first-order valence-electron chi connectivity index (χ1n) is 8.52. The van der Waals surface area contributed by atoms with Crippen molar-refractivity contribution in [3.8, 4) is 22.9 Å². The normalized spacial score (nSPS) is 10.6. The zero-order valence-electron chi connectivity index (χ0n) is 14.9. The number of aryl methyl sites for hydroxylation is 1. The molecule has 0 spiro atoms. The Hall–Kier alpha value is -3.51. The quantitative estimate of drug-likeness (QED) is 0.529. The number of nitrogens with zero attached hydrogens (tertiary/aromatic N) is 3. The number of rotatable bonds is 4. The van der Waals surface area contributed by atoms with Crippen LogP contribution in [0.2, 0.25) is 5.02 Å². The second-order valence-corrected chi connectivity index (χ2v) is 6.61. The number of hydrogen-bond acceptors (Lipinski definition) is 5. The molecule has 0 saturated carbocycles. The van der Waals surface area contributed by atoms with Crippen molar-refractivity contribution in [3.05, 3.63) is 83.0 Å². The van der Waals surface area contributed by atoms with E-state index in [-0.39, 0.29) is 5.91 Å². The Morgan fingerprint density at radius 2 is 1.71 bits per heavy atom. The third kappa shape index (κ3) is 3.92. The van der Waals surface area contributed by atoms with Crippen LogP contribution in [0.1, 0.15) is 15.9 Å². The van der Waals surface area contributed by atoms with E-state index in [9.17, 15) is 4.79 Å². The van der Waals surface area contributed by atoms with Crippen molar-refractivity contribution in [3.63, 3.8) is 0 Å². The van der Waals surface area contributed by atoms with Gasteiger partial charge in [0.1, 0.15) is 5.82 Å². The van der Waals surface area contributed by atoms with Crippen LogP contribution in [0.4, 0.5) is 5.82 Å². The molecule has 0 radical (unpaired) electrons. The van der Waals surface area contributed by atoms with Gasteiger partial charge in [0, 0.05) is 22.9 Å². The topological polar surface area (TPSA) is 80.9 Å². The molecule has 0 bridgehead atoms. The van der Waals surface area contributed by atoms with Gasteiger partial charge in [0.2, 0.25) is 11.8 Å². The summed E-state index contributed by atoms with van der Waals surface area (Å²) < 4.78 is 5.77. The molecule has 0 unspecified atom stereocenters. The lowest BCUT2D eigenvalue weighted by atomic mass is 10.1. The van der Waals surface area contributed by atoms with E-state index >= 15 is 0 Å². The highest BCUT2D eigenvalue weighted by molar-refractivity contribution is 6.30. The minimum atomic E-state index is -0.271. The van der Waals surface area contributed by atoms with E-state index < -0.39 is 0 Å². The number of anilines is 1. The molecule has 2 aromatic carbocycles. The molecule has 0 aliphatic heterocycles. The van der Waals surface area contributed by atoms with Gasteiger partial charge in [-0.15, -0.1) is 10.2 Å². The van der Waals surface area contributed by atoms with E-state index in [4.69, 9.17) is 16.0 Å². The fraction of sp³-hybridized carbons (Fsp3) is 0.0476. The van der Waals surface area contributed by atoms with E-state index in [1.54, 1.807) is 36.4 Å². The summed E-state index contributed by atoms with van der Waals surface area (Å²) in [6.07, 6.45) is 1.47. The van der Waals surface area contributed by atoms with Gasteiger partial charge >= 0.3 is 0 Å². The van der Waals surface area contributed by atoms with Gasteiger partial charge in [-0.05, 0) is 55.5 Å². The molecule has 28 heavy (non-hydrogen) atoms. The van der Waals surface area contributed by atoms with E-state index in [0.717, 1.165) is 16.7 Å². The molecular weight excluding hydrogens is 376 g/mol. The molecule has 6 nitrogen and oxygen atoms in total. The van der Waals surface area contributed by atoms with E-state index in [2.05, 4.69) is 20.5 Å². The Bertz CT molecular complexity index is 1120. The summed E-state index contributed by atoms with van der Waals surface area (Å²) in [6, 6.07) is 18.1. The smallest absolute Gasteiger partial charge is 0.256 e. The van der Waals surface area contributed by atoms with E-state index in [1.807, 2.05) is 31.2 Å². The Balaban J connectivity index is 1.50. The fourth-order valence-electron chi connectivity index (χ4n) is 2.64. The molecule has 0 aliphatic rings. The molecule has 4 rings (SSSR count). The number of benzene rings is 2. The van der Waals surface area contributed by atoms with Crippen LogP contribution in [0.5, 0.6) is 0 Å². The first-order chi connectivity index (χ1) is 13.6. The third-order valence-corrected chi connectivity index (χ3v) is 4.28. The predicted octanol–water partition coefficient (Wildman–Crippen LogP) is 5.01. The molecule has 2 aromatic heterocycles. The molecule has 0 fully saturated rings. The predicted molar refractivity (Wildman–Crippen MR) is 107 cm³/mol. The van der Waals surface area contributed by atoms with Crippen molar-refractivity contribution in [2.75, 3.05) is 5.32 Å². The SMILES string of the molecule is Cc1cccc(-c2nnc(-c3ccc(C(=O)Nc4ccc(Cl)cn4)cc3)o2)c1. The van der Waals surface area contributed by atoms with Gasteiger partial charge in [0.05, 0.1) is 5.02 Å². The molecule has 1 amide bonds. The molecule has 1 N–H and O–H groups in total. The second kappa shape index (κ2) is 7.62. The Labute approximate surface area is 166 Å². The molecule has 7 heteroatoms. The summed E-state index contributed by atoms with van der Waals surface area (Å²) in [5.74, 6) is 1.00. The second-order valence-electron chi connectivity index (χ2n) is 6.17. The van der Waals surface area contributed by atoms with Crippen LogP contribution in [-0.4, -0.2) is 21.1 Å². The van der Waals surface area contributed by atoms with Crippen LogP contribution >= 0.6 is 11.6 Å². The average molecular weight is 391 g/mol. The molecule has 4 aromatic rings. The molecular formula is C21H15ClN4O2. The van der Waals surface area contributed by atoms with Crippen LogP contribution in [-0.2, 0) is 0 Å². The lowest BCUT2D eigenvalue weighted by Crippen LogP contribution is -2.12. The monoisotopic (exact) mass is 390 g/mol. The Morgan fingerprint density at radius 1 is 0.964 bits per heavy atom. The van der Waals surface area contributed by atoms with Gasteiger partial charge in [-0.1, -0.05) is 29.3 Å². The first-order valence-corrected chi connectivity index (χ1v) is 8.90. The molecule has 138 valence electrons.